The molecule has 19 heavy (non-hydrogen) atoms. The van der Waals surface area contributed by atoms with E-state index in [9.17, 15) is 0 Å². The van der Waals surface area contributed by atoms with Crippen molar-refractivity contribution in [2.45, 2.75) is 20.0 Å². The van der Waals surface area contributed by atoms with Gasteiger partial charge in [0.05, 0.1) is 23.9 Å². The average Bonchev–Trinajstić information content (AvgIpc) is 2.31. The number of nitrogens with zero attached hydrogens (tertiary/aromatic N) is 1. The van der Waals surface area contributed by atoms with Crippen molar-refractivity contribution in [2.75, 3.05) is 7.11 Å². The fourth-order valence-corrected chi connectivity index (χ4v) is 1.94. The minimum Gasteiger partial charge on any atom is -0.493 e. The fraction of sp³-hybridized carbons (Fsp3) is 0.333. The van der Waals surface area contributed by atoms with Crippen LogP contribution in [0, 0.1) is 0 Å². The van der Waals surface area contributed by atoms with E-state index in [2.05, 4.69) is 38.7 Å². The van der Waals surface area contributed by atoms with Crippen LogP contribution in [0.3, 0.4) is 0 Å². The predicted molar refractivity (Wildman–Crippen MR) is 84.0 cm³/mol. The third-order valence-electron chi connectivity index (χ3n) is 1.99. The van der Waals surface area contributed by atoms with Crippen molar-refractivity contribution in [3.63, 3.8) is 0 Å². The number of hydrogen-bond donors (Lipinski definition) is 2. The summed E-state index contributed by atoms with van der Waals surface area (Å²) in [6.45, 7) is 3.90. The van der Waals surface area contributed by atoms with Gasteiger partial charge in [-0.05, 0) is 59.7 Å². The van der Waals surface area contributed by atoms with Crippen LogP contribution in [0.2, 0.25) is 0 Å². The number of nitrogens with two attached hydrogens (primary N) is 1. The van der Waals surface area contributed by atoms with E-state index in [1.54, 1.807) is 13.3 Å². The van der Waals surface area contributed by atoms with E-state index in [0.717, 1.165) is 10.0 Å². The molecule has 5 nitrogen and oxygen atoms in total. The average molecular weight is 346 g/mol. The van der Waals surface area contributed by atoms with Crippen molar-refractivity contribution in [1.82, 2.24) is 5.43 Å². The van der Waals surface area contributed by atoms with Gasteiger partial charge in [0, 0.05) is 0 Å². The predicted octanol–water partition coefficient (Wildman–Crippen LogP) is 2.41. The first-order valence-electron chi connectivity index (χ1n) is 5.56. The second kappa shape index (κ2) is 7.30. The molecular weight excluding hydrogens is 330 g/mol. The first-order valence-corrected chi connectivity index (χ1v) is 6.77. The number of halogens is 1. The standard InChI is InChI=1S/C12H16BrN3O2S/c1-7(2)18-11-9(13)4-8(5-10(11)17-3)6-15-16-12(14)19/h4-7H,1-3H3,(H3,14,16,19)/b15-6+. The number of methoxy groups -OCH3 is 1. The molecule has 0 fully saturated rings. The van der Waals surface area contributed by atoms with Crippen molar-refractivity contribution in [2.24, 2.45) is 10.8 Å². The minimum absolute atomic E-state index is 0.0565. The van der Waals surface area contributed by atoms with Gasteiger partial charge in [0.25, 0.3) is 0 Å². The van der Waals surface area contributed by atoms with E-state index >= 15 is 0 Å². The maximum Gasteiger partial charge on any atom is 0.184 e. The number of thiocarbonyl (C=S) groups is 1. The first-order chi connectivity index (χ1) is 8.93. The van der Waals surface area contributed by atoms with Crippen LogP contribution in [0.4, 0.5) is 0 Å². The molecule has 0 heterocycles. The third-order valence-corrected chi connectivity index (χ3v) is 2.67. The molecule has 0 bridgehead atoms. The monoisotopic (exact) mass is 345 g/mol. The number of benzene rings is 1. The van der Waals surface area contributed by atoms with Crippen molar-refractivity contribution < 1.29 is 9.47 Å². The van der Waals surface area contributed by atoms with Crippen LogP contribution >= 0.6 is 28.1 Å². The zero-order valence-corrected chi connectivity index (χ0v) is 13.3. The molecule has 7 heteroatoms. The Hall–Kier alpha value is -1.34. The summed E-state index contributed by atoms with van der Waals surface area (Å²) in [5, 5.41) is 4.00. The maximum atomic E-state index is 5.69. The Kier molecular flexibility index (Phi) is 6.04. The summed E-state index contributed by atoms with van der Waals surface area (Å²) in [6, 6.07) is 3.68. The summed E-state index contributed by atoms with van der Waals surface area (Å²) < 4.78 is 11.8. The van der Waals surface area contributed by atoms with Gasteiger partial charge in [-0.3, -0.25) is 5.43 Å². The molecule has 0 unspecified atom stereocenters. The summed E-state index contributed by atoms with van der Waals surface area (Å²) in [6.07, 6.45) is 1.65. The summed E-state index contributed by atoms with van der Waals surface area (Å²) in [5.74, 6) is 1.29. The van der Waals surface area contributed by atoms with Crippen molar-refractivity contribution in [3.05, 3.63) is 22.2 Å². The lowest BCUT2D eigenvalue weighted by Gasteiger charge is -2.15. The summed E-state index contributed by atoms with van der Waals surface area (Å²) in [4.78, 5) is 0. The number of nitrogens with one attached hydrogen (secondary N) is 1. The Labute approximate surface area is 126 Å². The van der Waals surface area contributed by atoms with E-state index in [0.29, 0.717) is 11.5 Å². The number of hydrogen-bond acceptors (Lipinski definition) is 4. The van der Waals surface area contributed by atoms with Gasteiger partial charge in [0.2, 0.25) is 0 Å². The van der Waals surface area contributed by atoms with Crippen molar-refractivity contribution in [1.29, 1.82) is 0 Å². The molecule has 0 radical (unpaired) electrons. The molecule has 0 saturated carbocycles. The molecule has 0 aliphatic rings. The van der Waals surface area contributed by atoms with Crippen molar-refractivity contribution >= 4 is 39.5 Å². The van der Waals surface area contributed by atoms with Gasteiger partial charge in [-0.1, -0.05) is 0 Å². The number of hydrazone groups is 1. The fourth-order valence-electron chi connectivity index (χ4n) is 1.33. The van der Waals surface area contributed by atoms with Gasteiger partial charge in [-0.15, -0.1) is 0 Å². The maximum absolute atomic E-state index is 5.69. The lowest BCUT2D eigenvalue weighted by Crippen LogP contribution is -2.24. The van der Waals surface area contributed by atoms with E-state index in [-0.39, 0.29) is 11.2 Å². The van der Waals surface area contributed by atoms with Crippen LogP contribution in [0.1, 0.15) is 19.4 Å². The molecule has 3 N–H and O–H groups in total. The SMILES string of the molecule is COc1cc(/C=N/NC(N)=S)cc(Br)c1OC(C)C. The molecule has 0 aliphatic heterocycles. The topological polar surface area (TPSA) is 68.9 Å². The summed E-state index contributed by atoms with van der Waals surface area (Å²) >= 11 is 8.10. The van der Waals surface area contributed by atoms with Gasteiger partial charge < -0.3 is 15.2 Å². The van der Waals surface area contributed by atoms with Gasteiger partial charge in [-0.25, -0.2) is 0 Å². The Morgan fingerprint density at radius 2 is 2.21 bits per heavy atom. The second-order valence-corrected chi connectivity index (χ2v) is 5.23. The highest BCUT2D eigenvalue weighted by atomic mass is 79.9. The lowest BCUT2D eigenvalue weighted by molar-refractivity contribution is 0.228. The molecule has 0 aliphatic carbocycles. The first kappa shape index (κ1) is 15.7. The van der Waals surface area contributed by atoms with Crippen LogP contribution < -0.4 is 20.6 Å². The molecule has 104 valence electrons. The number of ether oxygens (including phenoxy) is 2. The molecule has 1 aromatic rings. The quantitative estimate of drug-likeness (QED) is 0.487. The highest BCUT2D eigenvalue weighted by molar-refractivity contribution is 9.10. The zero-order valence-electron chi connectivity index (χ0n) is 10.9. The summed E-state index contributed by atoms with van der Waals surface area (Å²) in [7, 11) is 1.59. The van der Waals surface area contributed by atoms with Crippen LogP contribution in [0.15, 0.2) is 21.7 Å². The van der Waals surface area contributed by atoms with Crippen LogP contribution in [0.25, 0.3) is 0 Å². The molecular formula is C12H16BrN3O2S. The Balaban J connectivity index is 3.01. The molecule has 0 amide bonds. The molecule has 0 atom stereocenters. The van der Waals surface area contributed by atoms with Gasteiger partial charge in [0.1, 0.15) is 0 Å². The minimum atomic E-state index is 0.0565. The van der Waals surface area contributed by atoms with E-state index in [4.69, 9.17) is 15.2 Å². The van der Waals surface area contributed by atoms with Crippen LogP contribution in [-0.2, 0) is 0 Å². The molecule has 0 spiro atoms. The molecule has 1 rings (SSSR count). The normalized spacial score (nSPS) is 10.8. The van der Waals surface area contributed by atoms with Gasteiger partial charge in [0.15, 0.2) is 16.6 Å². The number of rotatable bonds is 5. The zero-order chi connectivity index (χ0) is 14.4. The lowest BCUT2D eigenvalue weighted by atomic mass is 10.2. The van der Waals surface area contributed by atoms with Crippen molar-refractivity contribution in [3.8, 4) is 11.5 Å². The second-order valence-electron chi connectivity index (χ2n) is 3.93. The molecule has 0 aromatic heterocycles. The van der Waals surface area contributed by atoms with E-state index < -0.39 is 0 Å². The highest BCUT2D eigenvalue weighted by Crippen LogP contribution is 2.36. The smallest absolute Gasteiger partial charge is 0.184 e. The van der Waals surface area contributed by atoms with Gasteiger partial charge >= 0.3 is 0 Å². The molecule has 1 aromatic carbocycles. The Bertz CT molecular complexity index is 492. The van der Waals surface area contributed by atoms with Crippen LogP contribution in [0.5, 0.6) is 11.5 Å². The van der Waals surface area contributed by atoms with E-state index in [1.807, 2.05) is 26.0 Å². The Morgan fingerprint density at radius 1 is 1.53 bits per heavy atom. The highest BCUT2D eigenvalue weighted by Gasteiger charge is 2.12. The summed E-state index contributed by atoms with van der Waals surface area (Å²) in [5.41, 5.74) is 8.59. The van der Waals surface area contributed by atoms with Gasteiger partial charge in [-0.2, -0.15) is 5.10 Å². The molecule has 0 saturated heterocycles. The van der Waals surface area contributed by atoms with Crippen LogP contribution in [-0.4, -0.2) is 24.5 Å². The van der Waals surface area contributed by atoms with E-state index in [1.165, 1.54) is 0 Å². The Morgan fingerprint density at radius 3 is 2.74 bits per heavy atom. The third kappa shape index (κ3) is 5.04. The largest absolute Gasteiger partial charge is 0.493 e.